The van der Waals surface area contributed by atoms with Crippen LogP contribution in [-0.4, -0.2) is 18.3 Å². The molecule has 0 unspecified atom stereocenters. The van der Waals surface area contributed by atoms with Crippen LogP contribution in [0.5, 0.6) is 0 Å². The standard InChI is InChI=1S/C68H36N6S2/c69-37-49-65(71-51-25-9-1-17-39(51)40-18-2-10-26-52(40)71)67(73-55-29-13-5-21-43(55)45-33-35-59-61(63(45)73)47-23-7-15-31-57(47)75-59)50(38-70)66(72-53-27-11-3-19-41(53)42-20-4-12-28-54(42)72)68(49)74-56-30-14-6-22-44(56)46-34-36-60-62(64(46)74)48-24-8-16-32-58(48)76-60/h1-36H. The van der Waals surface area contributed by atoms with E-state index in [2.05, 4.69) is 249 Å². The van der Waals surface area contributed by atoms with Gasteiger partial charge in [-0.05, 0) is 60.7 Å². The fraction of sp³-hybridized carbons (Fsp3) is 0. The van der Waals surface area contributed by atoms with E-state index < -0.39 is 0 Å². The van der Waals surface area contributed by atoms with E-state index in [4.69, 9.17) is 0 Å². The second-order valence-corrected chi connectivity index (χ2v) is 21.8. The lowest BCUT2D eigenvalue weighted by Crippen LogP contribution is -2.16. The highest BCUT2D eigenvalue weighted by Crippen LogP contribution is 2.52. The molecular weight excluding hydrogens is 965 g/mol. The van der Waals surface area contributed by atoms with Crippen LogP contribution in [0.3, 0.4) is 0 Å². The van der Waals surface area contributed by atoms with Gasteiger partial charge in [0.2, 0.25) is 0 Å². The second kappa shape index (κ2) is 15.3. The first-order valence-corrected chi connectivity index (χ1v) is 27.0. The molecule has 0 atom stereocenters. The van der Waals surface area contributed by atoms with E-state index in [1.807, 2.05) is 0 Å². The average molecular weight is 1000 g/mol. The molecule has 0 spiro atoms. The summed E-state index contributed by atoms with van der Waals surface area (Å²) in [6.45, 7) is 0. The summed E-state index contributed by atoms with van der Waals surface area (Å²) in [6.07, 6.45) is 0. The summed E-state index contributed by atoms with van der Waals surface area (Å²) in [4.78, 5) is 0. The zero-order valence-corrected chi connectivity index (χ0v) is 41.9. The predicted octanol–water partition coefficient (Wildman–Crippen LogP) is 18.6. The van der Waals surface area contributed by atoms with Crippen molar-refractivity contribution in [3.8, 4) is 34.9 Å². The molecule has 76 heavy (non-hydrogen) atoms. The van der Waals surface area contributed by atoms with Gasteiger partial charge in [-0.25, -0.2) is 0 Å². The lowest BCUT2D eigenvalue weighted by Gasteiger charge is -2.27. The second-order valence-electron chi connectivity index (χ2n) is 19.7. The molecule has 0 aliphatic carbocycles. The summed E-state index contributed by atoms with van der Waals surface area (Å²) in [6, 6.07) is 83.4. The van der Waals surface area contributed by atoms with Gasteiger partial charge in [0, 0.05) is 83.4 Å². The Morgan fingerprint density at radius 1 is 0.250 bits per heavy atom. The third kappa shape index (κ3) is 5.26. The Morgan fingerprint density at radius 3 is 0.842 bits per heavy atom. The Kier molecular flexibility index (Phi) is 8.36. The van der Waals surface area contributed by atoms with E-state index in [0.717, 1.165) is 118 Å². The largest absolute Gasteiger partial charge is 0.306 e. The Balaban J connectivity index is 1.22. The lowest BCUT2D eigenvalue weighted by molar-refractivity contribution is 1.03. The molecule has 0 amide bonds. The number of rotatable bonds is 4. The molecule has 6 aromatic heterocycles. The van der Waals surface area contributed by atoms with Crippen LogP contribution in [0.1, 0.15) is 11.1 Å². The van der Waals surface area contributed by atoms with Crippen molar-refractivity contribution < 1.29 is 0 Å². The van der Waals surface area contributed by atoms with Crippen LogP contribution >= 0.6 is 22.7 Å². The van der Waals surface area contributed by atoms with Gasteiger partial charge >= 0.3 is 0 Å². The third-order valence-electron chi connectivity index (χ3n) is 16.0. The van der Waals surface area contributed by atoms with Gasteiger partial charge < -0.3 is 18.3 Å². The highest BCUT2D eigenvalue weighted by atomic mass is 32.1. The van der Waals surface area contributed by atoms with Crippen molar-refractivity contribution in [3.05, 3.63) is 230 Å². The van der Waals surface area contributed by atoms with Gasteiger partial charge in [-0.15, -0.1) is 22.7 Å². The first-order valence-electron chi connectivity index (χ1n) is 25.4. The summed E-state index contributed by atoms with van der Waals surface area (Å²) in [7, 11) is 0. The van der Waals surface area contributed by atoms with Gasteiger partial charge in [0.15, 0.2) is 0 Å². The van der Waals surface area contributed by atoms with Crippen LogP contribution in [0.2, 0.25) is 0 Å². The van der Waals surface area contributed by atoms with E-state index in [1.54, 1.807) is 22.7 Å². The number of hydrogen-bond donors (Lipinski definition) is 0. The van der Waals surface area contributed by atoms with Crippen LogP contribution in [0.4, 0.5) is 0 Å². The van der Waals surface area contributed by atoms with Crippen LogP contribution in [-0.2, 0) is 0 Å². The molecule has 8 heteroatoms. The van der Waals surface area contributed by atoms with E-state index in [-0.39, 0.29) is 0 Å². The average Bonchev–Trinajstić information content (AvgIpc) is 4.34. The first-order chi connectivity index (χ1) is 37.7. The number of thiophene rings is 2. The third-order valence-corrected chi connectivity index (χ3v) is 18.3. The highest BCUT2D eigenvalue weighted by Gasteiger charge is 2.35. The van der Waals surface area contributed by atoms with Crippen LogP contribution in [0.25, 0.3) is 150 Å². The van der Waals surface area contributed by atoms with E-state index in [0.29, 0.717) is 33.9 Å². The maximum Gasteiger partial charge on any atom is 0.104 e. The zero-order chi connectivity index (χ0) is 49.9. The zero-order valence-electron chi connectivity index (χ0n) is 40.3. The van der Waals surface area contributed by atoms with Crippen molar-refractivity contribution in [1.29, 1.82) is 10.5 Å². The number of nitriles is 2. The Morgan fingerprint density at radius 2 is 0.513 bits per heavy atom. The topological polar surface area (TPSA) is 67.3 Å². The first kappa shape index (κ1) is 41.5. The fourth-order valence-electron chi connectivity index (χ4n) is 13.1. The van der Waals surface area contributed by atoms with Gasteiger partial charge in [-0.2, -0.15) is 10.5 Å². The SMILES string of the molecule is N#Cc1c(-n2c3ccccc3c3ccccc32)c(-n2c3ccccc3c3ccc4sc5ccccc5c4c32)c(C#N)c(-n2c3ccccc3c3ccccc32)c1-n1c2ccccc2c2ccc3sc4ccccc4c3c21. The van der Waals surface area contributed by atoms with Crippen LogP contribution < -0.4 is 0 Å². The molecule has 11 aromatic carbocycles. The molecule has 6 nitrogen and oxygen atoms in total. The van der Waals surface area contributed by atoms with Crippen molar-refractivity contribution in [2.45, 2.75) is 0 Å². The molecule has 0 saturated heterocycles. The molecule has 0 N–H and O–H groups in total. The van der Waals surface area contributed by atoms with Gasteiger partial charge in [-0.1, -0.05) is 158 Å². The Bertz CT molecular complexity index is 5070. The maximum absolute atomic E-state index is 12.9. The minimum atomic E-state index is 0.435. The molecule has 0 saturated carbocycles. The summed E-state index contributed by atoms with van der Waals surface area (Å²) in [5.74, 6) is 0. The monoisotopic (exact) mass is 1000 g/mol. The maximum atomic E-state index is 12.9. The Labute approximate surface area is 440 Å². The fourth-order valence-corrected chi connectivity index (χ4v) is 15.3. The normalized spacial score (nSPS) is 12.2. The molecule has 17 aromatic rings. The molecule has 0 aliphatic rings. The van der Waals surface area contributed by atoms with E-state index in [9.17, 15) is 10.5 Å². The number of aromatic nitrogens is 4. The van der Waals surface area contributed by atoms with Crippen molar-refractivity contribution in [3.63, 3.8) is 0 Å². The molecule has 0 fully saturated rings. The van der Waals surface area contributed by atoms with E-state index in [1.165, 1.54) is 9.40 Å². The van der Waals surface area contributed by atoms with Crippen LogP contribution in [0, 0.1) is 22.7 Å². The van der Waals surface area contributed by atoms with Crippen molar-refractivity contribution in [2.75, 3.05) is 0 Å². The highest BCUT2D eigenvalue weighted by molar-refractivity contribution is 7.26. The molecule has 17 rings (SSSR count). The number of benzene rings is 11. The minimum Gasteiger partial charge on any atom is -0.306 e. The lowest BCUT2D eigenvalue weighted by atomic mass is 9.98. The van der Waals surface area contributed by atoms with Gasteiger partial charge in [0.25, 0.3) is 0 Å². The summed E-state index contributed by atoms with van der Waals surface area (Å²) in [5.41, 5.74) is 11.0. The van der Waals surface area contributed by atoms with Gasteiger partial charge in [0.1, 0.15) is 23.3 Å². The van der Waals surface area contributed by atoms with Crippen molar-refractivity contribution in [1.82, 2.24) is 18.3 Å². The Hall–Kier alpha value is -9.96. The predicted molar refractivity (Wildman–Crippen MR) is 319 cm³/mol. The molecule has 0 aliphatic heterocycles. The number of hydrogen-bond acceptors (Lipinski definition) is 4. The molecule has 6 heterocycles. The van der Waals surface area contributed by atoms with Gasteiger partial charge in [0.05, 0.1) is 66.9 Å². The summed E-state index contributed by atoms with van der Waals surface area (Å²) in [5, 5.41) is 38.8. The summed E-state index contributed by atoms with van der Waals surface area (Å²) >= 11 is 3.56. The van der Waals surface area contributed by atoms with Gasteiger partial charge in [-0.3, -0.25) is 0 Å². The quantitative estimate of drug-likeness (QED) is 0.176. The minimum absolute atomic E-state index is 0.435. The smallest absolute Gasteiger partial charge is 0.104 e. The molecule has 0 radical (unpaired) electrons. The number of para-hydroxylation sites is 6. The molecule has 0 bridgehead atoms. The van der Waals surface area contributed by atoms with Crippen molar-refractivity contribution >= 4 is 150 Å². The molecular formula is C68H36N6S2. The van der Waals surface area contributed by atoms with Crippen LogP contribution in [0.15, 0.2) is 218 Å². The summed E-state index contributed by atoms with van der Waals surface area (Å²) < 4.78 is 13.9. The van der Waals surface area contributed by atoms with Crippen molar-refractivity contribution in [2.24, 2.45) is 0 Å². The number of fused-ring (bicyclic) bond motifs is 20. The van der Waals surface area contributed by atoms with E-state index >= 15 is 0 Å². The number of nitrogens with zero attached hydrogens (tertiary/aromatic N) is 6. The molecule has 350 valence electrons.